The Morgan fingerprint density at radius 3 is 2.58 bits per heavy atom. The van der Waals surface area contributed by atoms with E-state index in [9.17, 15) is 9.59 Å². The Morgan fingerprint density at radius 2 is 1.83 bits per heavy atom. The zero-order chi connectivity index (χ0) is 17.1. The second kappa shape index (κ2) is 6.62. The van der Waals surface area contributed by atoms with Gasteiger partial charge in [0.25, 0.3) is 5.91 Å². The molecule has 6 heteroatoms. The minimum atomic E-state index is -0.442. The Hall–Kier alpha value is -3.02. The van der Waals surface area contributed by atoms with Crippen molar-refractivity contribution in [3.8, 4) is 11.5 Å². The molecule has 1 heterocycles. The SMILES string of the molecule is COC(=O)c1cccc(NC(=O)c2ccc3c(c2)OCCO3)c1C. The molecule has 1 N–H and O–H groups in total. The molecule has 0 saturated carbocycles. The third-order valence-electron chi connectivity index (χ3n) is 3.79. The summed E-state index contributed by atoms with van der Waals surface area (Å²) in [7, 11) is 1.32. The molecule has 0 unspecified atom stereocenters. The number of hydrogen-bond donors (Lipinski definition) is 1. The first kappa shape index (κ1) is 15.9. The van der Waals surface area contributed by atoms with Crippen LogP contribution in [0.2, 0.25) is 0 Å². The molecule has 1 aliphatic rings. The minimum absolute atomic E-state index is 0.294. The minimum Gasteiger partial charge on any atom is -0.486 e. The Morgan fingerprint density at radius 1 is 1.08 bits per heavy atom. The number of benzene rings is 2. The van der Waals surface area contributed by atoms with E-state index < -0.39 is 5.97 Å². The first-order valence-electron chi connectivity index (χ1n) is 7.49. The maximum Gasteiger partial charge on any atom is 0.338 e. The molecule has 0 fully saturated rings. The highest BCUT2D eigenvalue weighted by molar-refractivity contribution is 6.06. The van der Waals surface area contributed by atoms with Crippen LogP contribution in [-0.4, -0.2) is 32.2 Å². The van der Waals surface area contributed by atoms with Crippen LogP contribution in [0.25, 0.3) is 0 Å². The summed E-state index contributed by atoms with van der Waals surface area (Å²) in [6.45, 7) is 2.71. The van der Waals surface area contributed by atoms with Crippen molar-refractivity contribution in [2.45, 2.75) is 6.92 Å². The van der Waals surface area contributed by atoms with Crippen molar-refractivity contribution in [2.24, 2.45) is 0 Å². The summed E-state index contributed by atoms with van der Waals surface area (Å²) in [5.41, 5.74) is 2.06. The molecule has 1 aliphatic heterocycles. The molecule has 0 atom stereocenters. The van der Waals surface area contributed by atoms with Gasteiger partial charge in [0.2, 0.25) is 0 Å². The van der Waals surface area contributed by atoms with E-state index in [2.05, 4.69) is 5.32 Å². The predicted molar refractivity (Wildman–Crippen MR) is 87.9 cm³/mol. The summed E-state index contributed by atoms with van der Waals surface area (Å²) in [5.74, 6) is 0.440. The molecule has 124 valence electrons. The maximum atomic E-state index is 12.5. The van der Waals surface area contributed by atoms with Crippen molar-refractivity contribution in [1.82, 2.24) is 0 Å². The molecular formula is C18H17NO5. The molecule has 0 saturated heterocycles. The van der Waals surface area contributed by atoms with E-state index in [4.69, 9.17) is 14.2 Å². The van der Waals surface area contributed by atoms with Gasteiger partial charge in [0.1, 0.15) is 13.2 Å². The largest absolute Gasteiger partial charge is 0.486 e. The Labute approximate surface area is 139 Å². The van der Waals surface area contributed by atoms with Gasteiger partial charge in [0, 0.05) is 11.3 Å². The van der Waals surface area contributed by atoms with Gasteiger partial charge in [-0.25, -0.2) is 4.79 Å². The lowest BCUT2D eigenvalue weighted by atomic mass is 10.1. The summed E-state index contributed by atoms with van der Waals surface area (Å²) in [6.07, 6.45) is 0. The van der Waals surface area contributed by atoms with Gasteiger partial charge >= 0.3 is 5.97 Å². The number of hydrogen-bond acceptors (Lipinski definition) is 5. The molecule has 0 aliphatic carbocycles. The maximum absolute atomic E-state index is 12.5. The normalized spacial score (nSPS) is 12.4. The van der Waals surface area contributed by atoms with E-state index in [-0.39, 0.29) is 5.91 Å². The smallest absolute Gasteiger partial charge is 0.338 e. The van der Waals surface area contributed by atoms with Gasteiger partial charge in [-0.05, 0) is 42.8 Å². The Kier molecular flexibility index (Phi) is 4.37. The third kappa shape index (κ3) is 3.03. The number of fused-ring (bicyclic) bond motifs is 1. The number of nitrogens with one attached hydrogen (secondary N) is 1. The topological polar surface area (TPSA) is 73.9 Å². The highest BCUT2D eigenvalue weighted by Crippen LogP contribution is 2.31. The number of carbonyl (C=O) groups excluding carboxylic acids is 2. The van der Waals surface area contributed by atoms with Crippen LogP contribution in [0.1, 0.15) is 26.3 Å². The van der Waals surface area contributed by atoms with Crippen LogP contribution in [0.5, 0.6) is 11.5 Å². The van der Waals surface area contributed by atoms with Crippen molar-refractivity contribution < 1.29 is 23.8 Å². The van der Waals surface area contributed by atoms with Gasteiger partial charge in [-0.3, -0.25) is 4.79 Å². The molecule has 0 bridgehead atoms. The molecule has 0 spiro atoms. The van der Waals surface area contributed by atoms with Crippen molar-refractivity contribution in [2.75, 3.05) is 25.6 Å². The molecular weight excluding hydrogens is 310 g/mol. The zero-order valence-electron chi connectivity index (χ0n) is 13.4. The number of anilines is 1. The fourth-order valence-electron chi connectivity index (χ4n) is 2.48. The highest BCUT2D eigenvalue weighted by atomic mass is 16.6. The number of rotatable bonds is 3. The lowest BCUT2D eigenvalue weighted by Crippen LogP contribution is -2.17. The van der Waals surface area contributed by atoms with Gasteiger partial charge < -0.3 is 19.5 Å². The molecule has 2 aromatic rings. The van der Waals surface area contributed by atoms with Crippen molar-refractivity contribution in [3.63, 3.8) is 0 Å². The van der Waals surface area contributed by atoms with Gasteiger partial charge in [0.15, 0.2) is 11.5 Å². The van der Waals surface area contributed by atoms with E-state index in [0.717, 1.165) is 0 Å². The van der Waals surface area contributed by atoms with E-state index in [1.54, 1.807) is 43.3 Å². The molecule has 2 aromatic carbocycles. The first-order chi connectivity index (χ1) is 11.6. The van der Waals surface area contributed by atoms with Gasteiger partial charge in [-0.2, -0.15) is 0 Å². The lowest BCUT2D eigenvalue weighted by Gasteiger charge is -2.19. The molecule has 0 radical (unpaired) electrons. The molecule has 3 rings (SSSR count). The average molecular weight is 327 g/mol. The van der Waals surface area contributed by atoms with E-state index in [1.165, 1.54) is 7.11 Å². The monoisotopic (exact) mass is 327 g/mol. The van der Waals surface area contributed by atoms with Crippen LogP contribution in [0.3, 0.4) is 0 Å². The zero-order valence-corrected chi connectivity index (χ0v) is 13.4. The van der Waals surface area contributed by atoms with E-state index in [1.807, 2.05) is 0 Å². The standard InChI is InChI=1S/C18H17NO5/c1-11-13(18(21)22-2)4-3-5-14(11)19-17(20)12-6-7-15-16(10-12)24-9-8-23-15/h3-7,10H,8-9H2,1-2H3,(H,19,20). The van der Waals surface area contributed by atoms with Gasteiger partial charge in [-0.15, -0.1) is 0 Å². The van der Waals surface area contributed by atoms with Crippen molar-refractivity contribution >= 4 is 17.6 Å². The summed E-state index contributed by atoms with van der Waals surface area (Å²) in [4.78, 5) is 24.2. The van der Waals surface area contributed by atoms with Crippen molar-refractivity contribution in [3.05, 3.63) is 53.1 Å². The Bertz CT molecular complexity index is 800. The predicted octanol–water partition coefficient (Wildman–Crippen LogP) is 2.81. The van der Waals surface area contributed by atoms with Crippen LogP contribution >= 0.6 is 0 Å². The summed E-state index contributed by atoms with van der Waals surface area (Å²) < 4.78 is 15.7. The quantitative estimate of drug-likeness (QED) is 0.878. The van der Waals surface area contributed by atoms with Crippen LogP contribution in [0, 0.1) is 6.92 Å². The summed E-state index contributed by atoms with van der Waals surface area (Å²) >= 11 is 0. The van der Waals surface area contributed by atoms with Crippen LogP contribution in [0.4, 0.5) is 5.69 Å². The van der Waals surface area contributed by atoms with Crippen LogP contribution in [0.15, 0.2) is 36.4 Å². The van der Waals surface area contributed by atoms with Gasteiger partial charge in [-0.1, -0.05) is 6.07 Å². The number of carbonyl (C=O) groups is 2. The highest BCUT2D eigenvalue weighted by Gasteiger charge is 2.17. The Balaban J connectivity index is 1.84. The fraction of sp³-hybridized carbons (Fsp3) is 0.222. The fourth-order valence-corrected chi connectivity index (χ4v) is 2.48. The number of amides is 1. The van der Waals surface area contributed by atoms with E-state index in [0.29, 0.717) is 47.1 Å². The second-order valence-electron chi connectivity index (χ2n) is 5.28. The number of esters is 1. The van der Waals surface area contributed by atoms with Crippen LogP contribution in [-0.2, 0) is 4.74 Å². The first-order valence-corrected chi connectivity index (χ1v) is 7.49. The average Bonchev–Trinajstić information content (AvgIpc) is 2.62. The van der Waals surface area contributed by atoms with Gasteiger partial charge in [0.05, 0.1) is 12.7 Å². The summed E-state index contributed by atoms with van der Waals surface area (Å²) in [5, 5.41) is 2.81. The molecule has 6 nitrogen and oxygen atoms in total. The molecule has 0 aromatic heterocycles. The number of ether oxygens (including phenoxy) is 3. The molecule has 24 heavy (non-hydrogen) atoms. The van der Waals surface area contributed by atoms with E-state index >= 15 is 0 Å². The summed E-state index contributed by atoms with van der Waals surface area (Å²) in [6, 6.07) is 10.1. The lowest BCUT2D eigenvalue weighted by molar-refractivity contribution is 0.0599. The second-order valence-corrected chi connectivity index (χ2v) is 5.28. The van der Waals surface area contributed by atoms with Crippen LogP contribution < -0.4 is 14.8 Å². The third-order valence-corrected chi connectivity index (χ3v) is 3.79. The van der Waals surface area contributed by atoms with Crippen molar-refractivity contribution in [1.29, 1.82) is 0 Å². The number of methoxy groups -OCH3 is 1. The molecule has 1 amide bonds.